The predicted molar refractivity (Wildman–Crippen MR) is 118 cm³/mol. The molecule has 3 aromatic heterocycles. The number of aryl methyl sites for hydroxylation is 2. The third-order valence-electron chi connectivity index (χ3n) is 5.85. The summed E-state index contributed by atoms with van der Waals surface area (Å²) < 4.78 is 6.07. The Labute approximate surface area is 180 Å². The van der Waals surface area contributed by atoms with Gasteiger partial charge in [0.25, 0.3) is 0 Å². The van der Waals surface area contributed by atoms with Gasteiger partial charge >= 0.3 is 0 Å². The molecule has 4 rings (SSSR count). The van der Waals surface area contributed by atoms with Crippen molar-refractivity contribution in [1.29, 1.82) is 0 Å². The number of aromatic nitrogens is 3. The van der Waals surface area contributed by atoms with Gasteiger partial charge in [-0.25, -0.2) is 4.98 Å². The van der Waals surface area contributed by atoms with E-state index in [4.69, 9.17) is 4.42 Å². The van der Waals surface area contributed by atoms with Crippen molar-refractivity contribution >= 4 is 22.7 Å². The predicted octanol–water partition coefficient (Wildman–Crippen LogP) is 2.10. The molecule has 0 spiro atoms. The Morgan fingerprint density at radius 3 is 2.65 bits per heavy atom. The smallest absolute Gasteiger partial charge is 0.224 e. The van der Waals surface area contributed by atoms with Crippen molar-refractivity contribution in [1.82, 2.24) is 15.0 Å². The van der Waals surface area contributed by atoms with Crippen molar-refractivity contribution in [3.05, 3.63) is 29.7 Å². The molecular formula is C22H29N5O4. The highest BCUT2D eigenvalue weighted by Gasteiger charge is 2.41. The molecule has 0 aliphatic heterocycles. The normalized spacial score (nSPS) is 23.4. The van der Waals surface area contributed by atoms with Crippen LogP contribution in [0.3, 0.4) is 0 Å². The van der Waals surface area contributed by atoms with Crippen LogP contribution in [0.15, 0.2) is 22.7 Å². The molecule has 0 unspecified atom stereocenters. The number of furan rings is 1. The average Bonchev–Trinajstić information content (AvgIpc) is 3.29. The zero-order chi connectivity index (χ0) is 22.1. The van der Waals surface area contributed by atoms with Gasteiger partial charge in [-0.1, -0.05) is 6.92 Å². The van der Waals surface area contributed by atoms with Gasteiger partial charge in [0.05, 0.1) is 29.6 Å². The quantitative estimate of drug-likeness (QED) is 0.384. The molecular weight excluding hydrogens is 398 g/mol. The van der Waals surface area contributed by atoms with E-state index in [0.717, 1.165) is 17.5 Å². The first kappa shape index (κ1) is 21.5. The lowest BCUT2D eigenvalue weighted by Crippen LogP contribution is -2.35. The molecule has 3 aromatic rings. The summed E-state index contributed by atoms with van der Waals surface area (Å²) >= 11 is 0. The van der Waals surface area contributed by atoms with Crippen molar-refractivity contribution in [3.63, 3.8) is 0 Å². The Kier molecular flexibility index (Phi) is 6.08. The summed E-state index contributed by atoms with van der Waals surface area (Å²) in [6.45, 7) is 6.36. The molecule has 4 atom stereocenters. The minimum absolute atomic E-state index is 0.189. The molecule has 0 aromatic carbocycles. The van der Waals surface area contributed by atoms with E-state index in [0.29, 0.717) is 47.3 Å². The van der Waals surface area contributed by atoms with Gasteiger partial charge in [-0.15, -0.1) is 0 Å². The lowest BCUT2D eigenvalue weighted by molar-refractivity contribution is 0.00446. The van der Waals surface area contributed by atoms with Crippen LogP contribution in [-0.2, 0) is 6.42 Å². The van der Waals surface area contributed by atoms with Crippen molar-refractivity contribution in [3.8, 4) is 11.3 Å². The van der Waals surface area contributed by atoms with E-state index in [9.17, 15) is 15.3 Å². The fourth-order valence-electron chi connectivity index (χ4n) is 4.14. The SMILES string of the molecule is CCNc1nc(C)c(-c2cc3cc(CC)ncc3o2)c(N[C@@H]2C[C@H](CO)[C@@H](O)[C@H]2O)n1. The summed E-state index contributed by atoms with van der Waals surface area (Å²) in [5, 5.41) is 37.5. The highest BCUT2D eigenvalue weighted by molar-refractivity contribution is 5.86. The van der Waals surface area contributed by atoms with Gasteiger partial charge in [0.1, 0.15) is 17.7 Å². The van der Waals surface area contributed by atoms with Crippen LogP contribution in [0.4, 0.5) is 11.8 Å². The topological polar surface area (TPSA) is 137 Å². The van der Waals surface area contributed by atoms with Crippen LogP contribution in [0.1, 0.15) is 31.7 Å². The summed E-state index contributed by atoms with van der Waals surface area (Å²) in [5.74, 6) is 1.17. The molecule has 1 saturated carbocycles. The molecule has 0 radical (unpaired) electrons. The summed E-state index contributed by atoms with van der Waals surface area (Å²) in [6.07, 6.45) is 0.955. The Hall–Kier alpha value is -2.75. The van der Waals surface area contributed by atoms with E-state index < -0.39 is 24.2 Å². The lowest BCUT2D eigenvalue weighted by atomic mass is 10.1. The van der Waals surface area contributed by atoms with Crippen LogP contribution >= 0.6 is 0 Å². The molecule has 0 saturated heterocycles. The molecule has 3 heterocycles. The van der Waals surface area contributed by atoms with Crippen molar-refractivity contribution in [2.45, 2.75) is 51.9 Å². The third-order valence-corrected chi connectivity index (χ3v) is 5.85. The maximum atomic E-state index is 10.5. The number of hydrogen-bond acceptors (Lipinski definition) is 9. The number of aliphatic hydroxyl groups excluding tert-OH is 3. The van der Waals surface area contributed by atoms with Crippen LogP contribution in [0, 0.1) is 12.8 Å². The summed E-state index contributed by atoms with van der Waals surface area (Å²) in [5.41, 5.74) is 3.05. The number of pyridine rings is 1. The van der Waals surface area contributed by atoms with Crippen LogP contribution in [-0.4, -0.2) is 61.7 Å². The second-order valence-electron chi connectivity index (χ2n) is 7.97. The monoisotopic (exact) mass is 427 g/mol. The molecule has 31 heavy (non-hydrogen) atoms. The van der Waals surface area contributed by atoms with Gasteiger partial charge in [0.15, 0.2) is 5.58 Å². The second-order valence-corrected chi connectivity index (χ2v) is 7.97. The van der Waals surface area contributed by atoms with Gasteiger partial charge < -0.3 is 30.4 Å². The fourth-order valence-corrected chi connectivity index (χ4v) is 4.14. The van der Waals surface area contributed by atoms with Crippen molar-refractivity contribution < 1.29 is 19.7 Å². The first-order valence-corrected chi connectivity index (χ1v) is 10.7. The lowest BCUT2D eigenvalue weighted by Gasteiger charge is -2.21. The standard InChI is InChI=1S/C22H29N5O4/c1-4-14-6-12-8-16(31-17(12)9-24-14)18-11(3)25-22(23-5-2)27-21(18)26-15-7-13(10-28)19(29)20(15)30/h6,8-9,13,15,19-20,28-30H,4-5,7,10H2,1-3H3,(H2,23,25,26,27)/t13-,15-,19-,20+/m1/s1. The van der Waals surface area contributed by atoms with E-state index in [2.05, 4.69) is 32.5 Å². The molecule has 1 aliphatic rings. The van der Waals surface area contributed by atoms with E-state index in [1.165, 1.54) is 0 Å². The number of nitrogens with one attached hydrogen (secondary N) is 2. The highest BCUT2D eigenvalue weighted by Crippen LogP contribution is 2.37. The molecule has 9 heteroatoms. The number of anilines is 2. The fraction of sp³-hybridized carbons (Fsp3) is 0.500. The maximum Gasteiger partial charge on any atom is 0.224 e. The average molecular weight is 428 g/mol. The van der Waals surface area contributed by atoms with E-state index >= 15 is 0 Å². The second kappa shape index (κ2) is 8.78. The van der Waals surface area contributed by atoms with Crippen molar-refractivity contribution in [2.75, 3.05) is 23.8 Å². The van der Waals surface area contributed by atoms with Crippen LogP contribution < -0.4 is 10.6 Å². The minimum Gasteiger partial charge on any atom is -0.454 e. The minimum atomic E-state index is -1.02. The van der Waals surface area contributed by atoms with Crippen molar-refractivity contribution in [2.24, 2.45) is 5.92 Å². The van der Waals surface area contributed by atoms with Gasteiger partial charge in [0, 0.05) is 30.1 Å². The first-order chi connectivity index (χ1) is 14.9. The first-order valence-electron chi connectivity index (χ1n) is 10.7. The number of nitrogens with zero attached hydrogens (tertiary/aromatic N) is 3. The van der Waals surface area contributed by atoms with E-state index in [-0.39, 0.29) is 6.61 Å². The number of hydrogen-bond donors (Lipinski definition) is 5. The zero-order valence-corrected chi connectivity index (χ0v) is 18.0. The molecule has 9 nitrogen and oxygen atoms in total. The molecule has 1 aliphatic carbocycles. The van der Waals surface area contributed by atoms with E-state index in [1.54, 1.807) is 6.20 Å². The Bertz CT molecular complexity index is 1070. The Balaban J connectivity index is 1.77. The van der Waals surface area contributed by atoms with Gasteiger partial charge in [-0.2, -0.15) is 4.98 Å². The largest absolute Gasteiger partial charge is 0.454 e. The van der Waals surface area contributed by atoms with Gasteiger partial charge in [-0.3, -0.25) is 4.98 Å². The Morgan fingerprint density at radius 2 is 1.97 bits per heavy atom. The van der Waals surface area contributed by atoms with E-state index in [1.807, 2.05) is 26.0 Å². The van der Waals surface area contributed by atoms with Gasteiger partial charge in [-0.05, 0) is 38.8 Å². The maximum absolute atomic E-state index is 10.5. The van der Waals surface area contributed by atoms with Gasteiger partial charge in [0.2, 0.25) is 5.95 Å². The van der Waals surface area contributed by atoms with Crippen LogP contribution in [0.5, 0.6) is 0 Å². The summed E-state index contributed by atoms with van der Waals surface area (Å²) in [7, 11) is 0. The number of aliphatic hydroxyl groups is 3. The van der Waals surface area contributed by atoms with Crippen LogP contribution in [0.25, 0.3) is 22.3 Å². The molecule has 0 bridgehead atoms. The molecule has 0 amide bonds. The number of fused-ring (bicyclic) bond motifs is 1. The number of rotatable bonds is 7. The van der Waals surface area contributed by atoms with Crippen LogP contribution in [0.2, 0.25) is 0 Å². The zero-order valence-electron chi connectivity index (χ0n) is 18.0. The molecule has 5 N–H and O–H groups in total. The molecule has 1 fully saturated rings. The Morgan fingerprint density at radius 1 is 1.16 bits per heavy atom. The summed E-state index contributed by atoms with van der Waals surface area (Å²) in [4.78, 5) is 13.6. The highest BCUT2D eigenvalue weighted by atomic mass is 16.3. The molecule has 166 valence electrons. The third kappa shape index (κ3) is 4.08. The summed E-state index contributed by atoms with van der Waals surface area (Å²) in [6, 6.07) is 3.48.